The van der Waals surface area contributed by atoms with Crippen LogP contribution in [-0.4, -0.2) is 14.9 Å². The Kier molecular flexibility index (Phi) is 3.66. The van der Waals surface area contributed by atoms with Crippen LogP contribution in [0.3, 0.4) is 0 Å². The maximum absolute atomic E-state index is 5.07. The van der Waals surface area contributed by atoms with E-state index in [2.05, 4.69) is 97.3 Å². The van der Waals surface area contributed by atoms with Crippen LogP contribution in [0.15, 0.2) is 79.0 Å². The van der Waals surface area contributed by atoms with Crippen molar-refractivity contribution in [3.05, 3.63) is 79.0 Å². The van der Waals surface area contributed by atoms with Crippen molar-refractivity contribution >= 4 is 33.0 Å². The van der Waals surface area contributed by atoms with Crippen molar-refractivity contribution in [1.82, 2.24) is 9.38 Å². The Labute approximate surface area is 164 Å². The molecule has 28 heavy (non-hydrogen) atoms. The first-order valence-electron chi connectivity index (χ1n) is 9.67. The third-order valence-corrected chi connectivity index (χ3v) is 5.03. The van der Waals surface area contributed by atoms with E-state index in [1.807, 2.05) is 12.1 Å². The Morgan fingerprint density at radius 1 is 0.786 bits per heavy atom. The van der Waals surface area contributed by atoms with Gasteiger partial charge in [0.2, 0.25) is 0 Å². The van der Waals surface area contributed by atoms with Crippen molar-refractivity contribution in [2.24, 2.45) is 0 Å². The molecule has 138 valence electrons. The van der Waals surface area contributed by atoms with E-state index in [0.29, 0.717) is 0 Å². The van der Waals surface area contributed by atoms with Gasteiger partial charge in [0.15, 0.2) is 0 Å². The molecule has 1 N–H and O–H groups in total. The number of imidazole rings is 1. The molecule has 2 aromatic heterocycles. The van der Waals surface area contributed by atoms with Crippen LogP contribution < -0.4 is 5.32 Å². The van der Waals surface area contributed by atoms with Crippen molar-refractivity contribution in [1.29, 1.82) is 0 Å². The van der Waals surface area contributed by atoms with Gasteiger partial charge < -0.3 is 5.32 Å². The largest absolute Gasteiger partial charge is 0.365 e. The molecule has 0 saturated heterocycles. The Balaban J connectivity index is 1.95. The van der Waals surface area contributed by atoms with Crippen LogP contribution in [0.25, 0.3) is 38.4 Å². The van der Waals surface area contributed by atoms with E-state index in [0.717, 1.165) is 17.2 Å². The van der Waals surface area contributed by atoms with E-state index in [1.165, 1.54) is 27.1 Å². The van der Waals surface area contributed by atoms with E-state index in [4.69, 9.17) is 4.98 Å². The summed E-state index contributed by atoms with van der Waals surface area (Å²) in [6, 6.07) is 25.6. The minimum absolute atomic E-state index is 0.0824. The van der Waals surface area contributed by atoms with Crippen molar-refractivity contribution in [3.8, 4) is 11.3 Å². The second-order valence-corrected chi connectivity index (χ2v) is 8.31. The Morgan fingerprint density at radius 3 is 2.04 bits per heavy atom. The van der Waals surface area contributed by atoms with Crippen LogP contribution >= 0.6 is 0 Å². The van der Waals surface area contributed by atoms with Crippen LogP contribution in [-0.2, 0) is 0 Å². The van der Waals surface area contributed by atoms with Gasteiger partial charge in [-0.05, 0) is 60.5 Å². The lowest BCUT2D eigenvalue weighted by molar-refractivity contribution is 0.629. The molecule has 0 bridgehead atoms. The maximum atomic E-state index is 5.07. The maximum Gasteiger partial charge on any atom is 0.139 e. The number of anilines is 1. The van der Waals surface area contributed by atoms with Crippen molar-refractivity contribution in [2.75, 3.05) is 5.32 Å². The van der Waals surface area contributed by atoms with Crippen molar-refractivity contribution < 1.29 is 0 Å². The minimum atomic E-state index is -0.0824. The number of fused-ring (bicyclic) bond motifs is 3. The van der Waals surface area contributed by atoms with E-state index < -0.39 is 0 Å². The molecule has 0 radical (unpaired) electrons. The van der Waals surface area contributed by atoms with E-state index in [-0.39, 0.29) is 5.54 Å². The van der Waals surface area contributed by atoms with Crippen LogP contribution in [0.4, 0.5) is 5.82 Å². The first-order chi connectivity index (χ1) is 13.5. The standard InChI is InChI=1S/C25H23N3/c1-25(2,3)27-24-23(26-21-14-8-9-15-28(21)24)22-19-12-6-4-10-17(19)16-18-11-5-7-13-20(18)22/h4-16,27H,1-3H3. The molecular weight excluding hydrogens is 342 g/mol. The molecule has 3 heteroatoms. The van der Waals surface area contributed by atoms with Crippen LogP contribution in [0, 0.1) is 0 Å². The summed E-state index contributed by atoms with van der Waals surface area (Å²) < 4.78 is 2.15. The van der Waals surface area contributed by atoms with Gasteiger partial charge in [-0.3, -0.25) is 4.40 Å². The van der Waals surface area contributed by atoms with Gasteiger partial charge in [0.1, 0.15) is 17.2 Å². The van der Waals surface area contributed by atoms with Gasteiger partial charge in [-0.25, -0.2) is 4.98 Å². The van der Waals surface area contributed by atoms with Crippen LogP contribution in [0.5, 0.6) is 0 Å². The molecule has 0 aliphatic heterocycles. The summed E-state index contributed by atoms with van der Waals surface area (Å²) in [6.45, 7) is 6.54. The zero-order valence-electron chi connectivity index (χ0n) is 16.4. The zero-order chi connectivity index (χ0) is 19.3. The lowest BCUT2D eigenvalue weighted by atomic mass is 9.94. The SMILES string of the molecule is CC(C)(C)Nc1c(-c2c3ccccc3cc3ccccc23)nc2ccccn12. The molecule has 0 fully saturated rings. The Morgan fingerprint density at radius 2 is 1.39 bits per heavy atom. The van der Waals surface area contributed by atoms with E-state index in [9.17, 15) is 0 Å². The van der Waals surface area contributed by atoms with E-state index in [1.54, 1.807) is 0 Å². The molecule has 0 aliphatic carbocycles. The highest BCUT2D eigenvalue weighted by atomic mass is 15.2. The lowest BCUT2D eigenvalue weighted by Crippen LogP contribution is -2.27. The van der Waals surface area contributed by atoms with Crippen LogP contribution in [0.1, 0.15) is 20.8 Å². The molecule has 3 aromatic carbocycles. The number of hydrogen-bond donors (Lipinski definition) is 1. The number of hydrogen-bond acceptors (Lipinski definition) is 2. The molecule has 3 nitrogen and oxygen atoms in total. The summed E-state index contributed by atoms with van der Waals surface area (Å²) in [4.78, 5) is 5.07. The highest BCUT2D eigenvalue weighted by Gasteiger charge is 2.22. The molecule has 0 atom stereocenters. The number of aromatic nitrogens is 2. The van der Waals surface area contributed by atoms with E-state index >= 15 is 0 Å². The van der Waals surface area contributed by atoms with Crippen molar-refractivity contribution in [3.63, 3.8) is 0 Å². The third kappa shape index (κ3) is 2.71. The third-order valence-electron chi connectivity index (χ3n) is 5.03. The molecule has 0 unspecified atom stereocenters. The average Bonchev–Trinajstić information content (AvgIpc) is 3.02. The molecule has 0 aliphatic rings. The summed E-state index contributed by atoms with van der Waals surface area (Å²) in [5.74, 6) is 1.03. The molecule has 0 spiro atoms. The molecular formula is C25H23N3. The number of rotatable bonds is 2. The summed E-state index contributed by atoms with van der Waals surface area (Å²) in [7, 11) is 0. The summed E-state index contributed by atoms with van der Waals surface area (Å²) in [5.41, 5.74) is 3.04. The van der Waals surface area contributed by atoms with Gasteiger partial charge in [-0.15, -0.1) is 0 Å². The Hall–Kier alpha value is -3.33. The second-order valence-electron chi connectivity index (χ2n) is 8.31. The van der Waals surface area contributed by atoms with Crippen molar-refractivity contribution in [2.45, 2.75) is 26.3 Å². The predicted octanol–water partition coefficient (Wildman–Crippen LogP) is 6.52. The van der Waals surface area contributed by atoms with Gasteiger partial charge in [-0.2, -0.15) is 0 Å². The van der Waals surface area contributed by atoms with Gasteiger partial charge in [-0.1, -0.05) is 54.6 Å². The lowest BCUT2D eigenvalue weighted by Gasteiger charge is -2.23. The molecule has 0 amide bonds. The first kappa shape index (κ1) is 16.8. The monoisotopic (exact) mass is 365 g/mol. The predicted molar refractivity (Wildman–Crippen MR) is 119 cm³/mol. The number of benzene rings is 3. The fraction of sp³-hybridized carbons (Fsp3) is 0.160. The highest BCUT2D eigenvalue weighted by molar-refractivity contribution is 6.13. The fourth-order valence-corrected chi connectivity index (χ4v) is 3.91. The number of nitrogens with one attached hydrogen (secondary N) is 1. The molecule has 2 heterocycles. The number of pyridine rings is 1. The topological polar surface area (TPSA) is 29.3 Å². The zero-order valence-corrected chi connectivity index (χ0v) is 16.4. The smallest absolute Gasteiger partial charge is 0.139 e. The first-order valence-corrected chi connectivity index (χ1v) is 9.67. The summed E-state index contributed by atoms with van der Waals surface area (Å²) in [6.07, 6.45) is 2.08. The van der Waals surface area contributed by atoms with Crippen LogP contribution in [0.2, 0.25) is 0 Å². The quantitative estimate of drug-likeness (QED) is 0.361. The van der Waals surface area contributed by atoms with Gasteiger partial charge in [0.05, 0.1) is 0 Å². The number of nitrogens with zero attached hydrogens (tertiary/aromatic N) is 2. The normalized spacial score (nSPS) is 12.1. The summed E-state index contributed by atoms with van der Waals surface area (Å²) in [5, 5.41) is 8.61. The second kappa shape index (κ2) is 6.10. The fourth-order valence-electron chi connectivity index (χ4n) is 3.91. The van der Waals surface area contributed by atoms with Gasteiger partial charge in [0.25, 0.3) is 0 Å². The summed E-state index contributed by atoms with van der Waals surface area (Å²) >= 11 is 0. The molecule has 5 rings (SSSR count). The molecule has 0 saturated carbocycles. The average molecular weight is 365 g/mol. The highest BCUT2D eigenvalue weighted by Crippen LogP contribution is 2.40. The minimum Gasteiger partial charge on any atom is -0.365 e. The van der Waals surface area contributed by atoms with Gasteiger partial charge >= 0.3 is 0 Å². The Bertz CT molecular complexity index is 1270. The van der Waals surface area contributed by atoms with Gasteiger partial charge in [0, 0.05) is 17.3 Å². The molecule has 5 aromatic rings.